The van der Waals surface area contributed by atoms with Crippen molar-refractivity contribution in [3.8, 4) is 0 Å². The van der Waals surface area contributed by atoms with Crippen LogP contribution in [0.4, 0.5) is 0 Å². The summed E-state index contributed by atoms with van der Waals surface area (Å²) in [6.45, 7) is 6.27. The molecule has 15 heavy (non-hydrogen) atoms. The van der Waals surface area contributed by atoms with Gasteiger partial charge >= 0.3 is 0 Å². The van der Waals surface area contributed by atoms with Gasteiger partial charge in [0.25, 0.3) is 0 Å². The molecule has 1 aliphatic rings. The summed E-state index contributed by atoms with van der Waals surface area (Å²) in [5, 5.41) is 11.9. The second-order valence-corrected chi connectivity index (χ2v) is 6.72. The van der Waals surface area contributed by atoms with Crippen LogP contribution in [0, 0.1) is 11.8 Å². The maximum atomic E-state index is 11.8. The van der Waals surface area contributed by atoms with Crippen LogP contribution in [0.25, 0.3) is 0 Å². The molecule has 1 amide bonds. The van der Waals surface area contributed by atoms with E-state index in [1.54, 1.807) is 0 Å². The molecule has 4 heteroatoms. The van der Waals surface area contributed by atoms with Crippen molar-refractivity contribution in [2.75, 3.05) is 6.61 Å². The van der Waals surface area contributed by atoms with Gasteiger partial charge in [0.1, 0.15) is 0 Å². The summed E-state index contributed by atoms with van der Waals surface area (Å²) in [6, 6.07) is 0.0893. The van der Waals surface area contributed by atoms with Crippen molar-refractivity contribution in [2.45, 2.75) is 44.0 Å². The van der Waals surface area contributed by atoms with E-state index in [0.29, 0.717) is 12.3 Å². The fourth-order valence-electron chi connectivity index (χ4n) is 1.70. The summed E-state index contributed by atoms with van der Waals surface area (Å²) in [5.41, 5.74) is 0. The zero-order valence-corrected chi connectivity index (χ0v) is 11.2. The molecular formula is C11H20BrNO2. The Labute approximate surface area is 99.8 Å². The Morgan fingerprint density at radius 2 is 2.20 bits per heavy atom. The quantitative estimate of drug-likeness (QED) is 0.752. The van der Waals surface area contributed by atoms with Gasteiger partial charge in [-0.1, -0.05) is 29.8 Å². The van der Waals surface area contributed by atoms with Crippen molar-refractivity contribution < 1.29 is 9.90 Å². The van der Waals surface area contributed by atoms with E-state index >= 15 is 0 Å². The first-order chi connectivity index (χ1) is 6.88. The van der Waals surface area contributed by atoms with Crippen molar-refractivity contribution >= 4 is 21.8 Å². The number of rotatable bonds is 5. The van der Waals surface area contributed by atoms with Crippen molar-refractivity contribution in [1.82, 2.24) is 5.32 Å². The highest BCUT2D eigenvalue weighted by Crippen LogP contribution is 2.50. The molecule has 2 N–H and O–H groups in total. The number of amides is 1. The maximum absolute atomic E-state index is 11.8. The number of carbonyl (C=O) groups is 1. The van der Waals surface area contributed by atoms with Crippen LogP contribution in [0.1, 0.15) is 33.6 Å². The van der Waals surface area contributed by atoms with Gasteiger partial charge in [-0.15, -0.1) is 0 Å². The third-order valence-electron chi connectivity index (χ3n) is 3.06. The van der Waals surface area contributed by atoms with Crippen LogP contribution in [0.3, 0.4) is 0 Å². The van der Waals surface area contributed by atoms with Gasteiger partial charge in [-0.3, -0.25) is 4.79 Å². The standard InChI is InChI=1S/C11H20BrNO2/c1-7(2)9(4-5-14)13-10(15)8-6-11(8,3)12/h7-9,14H,4-6H2,1-3H3,(H,13,15). The topological polar surface area (TPSA) is 49.3 Å². The summed E-state index contributed by atoms with van der Waals surface area (Å²) in [4.78, 5) is 11.8. The first kappa shape index (κ1) is 13.0. The number of nitrogens with one attached hydrogen (secondary N) is 1. The molecule has 1 fully saturated rings. The highest BCUT2D eigenvalue weighted by molar-refractivity contribution is 9.10. The zero-order chi connectivity index (χ0) is 11.6. The van der Waals surface area contributed by atoms with Gasteiger partial charge in [-0.05, 0) is 25.7 Å². The number of hydrogen-bond donors (Lipinski definition) is 2. The predicted molar refractivity (Wildman–Crippen MR) is 63.9 cm³/mol. The summed E-state index contributed by atoms with van der Waals surface area (Å²) in [5.74, 6) is 0.570. The van der Waals surface area contributed by atoms with Gasteiger partial charge < -0.3 is 10.4 Å². The lowest BCUT2D eigenvalue weighted by Gasteiger charge is -2.21. The molecule has 3 atom stereocenters. The summed E-state index contributed by atoms with van der Waals surface area (Å²) >= 11 is 3.51. The zero-order valence-electron chi connectivity index (χ0n) is 9.59. The Hall–Kier alpha value is -0.0900. The van der Waals surface area contributed by atoms with Crippen molar-refractivity contribution in [1.29, 1.82) is 0 Å². The molecule has 0 bridgehead atoms. The first-order valence-electron chi connectivity index (χ1n) is 5.48. The van der Waals surface area contributed by atoms with E-state index in [9.17, 15) is 4.79 Å². The normalized spacial score (nSPS) is 31.5. The Morgan fingerprint density at radius 1 is 1.67 bits per heavy atom. The van der Waals surface area contributed by atoms with E-state index in [1.807, 2.05) is 6.92 Å². The summed E-state index contributed by atoms with van der Waals surface area (Å²) < 4.78 is -0.00216. The molecule has 1 rings (SSSR count). The van der Waals surface area contributed by atoms with Crippen LogP contribution in [0.15, 0.2) is 0 Å². The molecule has 0 heterocycles. The molecule has 3 unspecified atom stereocenters. The van der Waals surface area contributed by atoms with Crippen molar-refractivity contribution in [3.63, 3.8) is 0 Å². The number of aliphatic hydroxyl groups excluding tert-OH is 1. The molecule has 0 aromatic rings. The minimum atomic E-state index is -0.00216. The Bertz CT molecular complexity index is 241. The fraction of sp³-hybridized carbons (Fsp3) is 0.909. The van der Waals surface area contributed by atoms with Crippen LogP contribution in [-0.4, -0.2) is 28.0 Å². The van der Waals surface area contributed by atoms with Gasteiger partial charge in [-0.2, -0.15) is 0 Å². The largest absolute Gasteiger partial charge is 0.396 e. The highest BCUT2D eigenvalue weighted by atomic mass is 79.9. The van der Waals surface area contributed by atoms with E-state index in [4.69, 9.17) is 5.11 Å². The minimum absolute atomic E-state index is 0.00216. The average molecular weight is 278 g/mol. The number of hydrogen-bond acceptors (Lipinski definition) is 2. The predicted octanol–water partition coefficient (Wildman–Crippen LogP) is 1.68. The van der Waals surface area contributed by atoms with Gasteiger partial charge in [0.15, 0.2) is 0 Å². The third-order valence-corrected chi connectivity index (χ3v) is 3.94. The lowest BCUT2D eigenvalue weighted by atomic mass is 10.0. The molecule has 1 aliphatic carbocycles. The lowest BCUT2D eigenvalue weighted by molar-refractivity contribution is -0.123. The monoisotopic (exact) mass is 277 g/mol. The molecule has 88 valence electrons. The average Bonchev–Trinajstić information content (AvgIpc) is 2.74. The van der Waals surface area contributed by atoms with Gasteiger partial charge in [0.2, 0.25) is 5.91 Å². The first-order valence-corrected chi connectivity index (χ1v) is 6.28. The number of halogens is 1. The van der Waals surface area contributed by atoms with Crippen molar-refractivity contribution in [2.24, 2.45) is 11.8 Å². The van der Waals surface area contributed by atoms with Crippen LogP contribution in [0.5, 0.6) is 0 Å². The van der Waals surface area contributed by atoms with Crippen LogP contribution < -0.4 is 5.32 Å². The van der Waals surface area contributed by atoms with E-state index in [0.717, 1.165) is 6.42 Å². The lowest BCUT2D eigenvalue weighted by Crippen LogP contribution is -2.40. The van der Waals surface area contributed by atoms with Gasteiger partial charge in [-0.25, -0.2) is 0 Å². The Morgan fingerprint density at radius 3 is 2.53 bits per heavy atom. The van der Waals surface area contributed by atoms with Gasteiger partial charge in [0.05, 0.1) is 5.92 Å². The number of aliphatic hydroxyl groups is 1. The molecule has 0 aromatic carbocycles. The maximum Gasteiger partial charge on any atom is 0.224 e. The summed E-state index contributed by atoms with van der Waals surface area (Å²) in [7, 11) is 0. The smallest absolute Gasteiger partial charge is 0.224 e. The SMILES string of the molecule is CC(C)C(CCO)NC(=O)C1CC1(C)Br. The summed E-state index contributed by atoms with van der Waals surface area (Å²) in [6.07, 6.45) is 1.54. The highest BCUT2D eigenvalue weighted by Gasteiger charge is 2.52. The Balaban J connectivity index is 2.42. The third kappa shape index (κ3) is 3.45. The fourth-order valence-corrected chi connectivity index (χ4v) is 2.23. The van der Waals surface area contributed by atoms with E-state index in [-0.39, 0.29) is 28.8 Å². The molecule has 0 aliphatic heterocycles. The van der Waals surface area contributed by atoms with Crippen molar-refractivity contribution in [3.05, 3.63) is 0 Å². The van der Waals surface area contributed by atoms with E-state index < -0.39 is 0 Å². The molecule has 1 saturated carbocycles. The second-order valence-electron chi connectivity index (χ2n) is 4.91. The number of carbonyl (C=O) groups excluding carboxylic acids is 1. The molecular weight excluding hydrogens is 258 g/mol. The van der Waals surface area contributed by atoms with Crippen LogP contribution >= 0.6 is 15.9 Å². The molecule has 3 nitrogen and oxygen atoms in total. The van der Waals surface area contributed by atoms with Crippen LogP contribution in [0.2, 0.25) is 0 Å². The van der Waals surface area contributed by atoms with Crippen LogP contribution in [-0.2, 0) is 4.79 Å². The minimum Gasteiger partial charge on any atom is -0.396 e. The Kier molecular flexibility index (Phi) is 4.18. The molecule has 0 radical (unpaired) electrons. The van der Waals surface area contributed by atoms with E-state index in [1.165, 1.54) is 0 Å². The molecule has 0 aromatic heterocycles. The van der Waals surface area contributed by atoms with E-state index in [2.05, 4.69) is 35.1 Å². The number of alkyl halides is 1. The molecule has 0 saturated heterocycles. The van der Waals surface area contributed by atoms with Gasteiger partial charge in [0, 0.05) is 17.0 Å². The molecule has 0 spiro atoms. The second kappa shape index (κ2) is 4.83.